The summed E-state index contributed by atoms with van der Waals surface area (Å²) in [6.07, 6.45) is 5.07. The van der Waals surface area contributed by atoms with E-state index in [0.717, 1.165) is 43.1 Å². The van der Waals surface area contributed by atoms with Crippen LogP contribution in [0.3, 0.4) is 0 Å². The van der Waals surface area contributed by atoms with Crippen molar-refractivity contribution in [1.29, 1.82) is 0 Å². The molecule has 1 atom stereocenters. The molecule has 0 bridgehead atoms. The molecule has 0 aliphatic carbocycles. The monoisotopic (exact) mass is 303 g/mol. The lowest BCUT2D eigenvalue weighted by Crippen LogP contribution is -2.63. The Hall–Kier alpha value is -1.59. The first-order valence-electron chi connectivity index (χ1n) is 8.22. The number of benzene rings is 1. The van der Waals surface area contributed by atoms with Gasteiger partial charge in [-0.2, -0.15) is 4.59 Å². The Morgan fingerprint density at radius 3 is 2.45 bits per heavy atom. The molecule has 0 aromatic heterocycles. The van der Waals surface area contributed by atoms with E-state index in [-0.39, 0.29) is 6.79 Å². The van der Waals surface area contributed by atoms with E-state index in [0.29, 0.717) is 16.9 Å². The highest BCUT2D eigenvalue weighted by Gasteiger charge is 2.41. The number of carbonyl (C=O) groups excluding carboxylic acids is 1. The number of amides is 1. The van der Waals surface area contributed by atoms with E-state index in [1.807, 2.05) is 6.07 Å². The van der Waals surface area contributed by atoms with Crippen molar-refractivity contribution in [2.24, 2.45) is 0 Å². The first-order chi connectivity index (χ1) is 10.7. The summed E-state index contributed by atoms with van der Waals surface area (Å²) in [5, 5.41) is 2.36. The van der Waals surface area contributed by atoms with Gasteiger partial charge in [0.1, 0.15) is 6.54 Å². The van der Waals surface area contributed by atoms with Crippen molar-refractivity contribution in [2.75, 3.05) is 33.5 Å². The molecule has 118 valence electrons. The molecular weight excluding hydrogens is 280 g/mol. The molecule has 3 heterocycles. The highest BCUT2D eigenvalue weighted by molar-refractivity contribution is 5.74. The molecule has 1 saturated heterocycles. The van der Waals surface area contributed by atoms with Gasteiger partial charge < -0.3 is 9.47 Å². The molecule has 22 heavy (non-hydrogen) atoms. The molecule has 1 aromatic rings. The van der Waals surface area contributed by atoms with Gasteiger partial charge in [-0.1, -0.05) is 6.42 Å². The van der Waals surface area contributed by atoms with E-state index in [9.17, 15) is 4.79 Å². The van der Waals surface area contributed by atoms with Crippen LogP contribution in [0.2, 0.25) is 0 Å². The highest BCUT2D eigenvalue weighted by Crippen LogP contribution is 2.37. The first-order valence-corrected chi connectivity index (χ1v) is 8.22. The smallest absolute Gasteiger partial charge is 0.337 e. The van der Waals surface area contributed by atoms with Crippen LogP contribution in [0.4, 0.5) is 0 Å². The number of fused-ring (bicyclic) bond motifs is 2. The van der Waals surface area contributed by atoms with E-state index < -0.39 is 0 Å². The molecule has 5 nitrogen and oxygen atoms in total. The predicted molar refractivity (Wildman–Crippen MR) is 81.5 cm³/mol. The molecule has 3 aliphatic rings. The van der Waals surface area contributed by atoms with E-state index in [4.69, 9.17) is 9.47 Å². The molecule has 1 fully saturated rings. The third-order valence-corrected chi connectivity index (χ3v) is 5.35. The third kappa shape index (κ3) is 2.20. The Morgan fingerprint density at radius 2 is 1.73 bits per heavy atom. The standard InChI is InChI=1S/C17H23N2O3/c1-19(18-6-3-2-4-7-18)8-5-13-9-15-16(22-12-21-15)10-14(13)11-17(19)20/h9-10H,2-8,11-12H2,1H3/q+1. The van der Waals surface area contributed by atoms with Crippen LogP contribution in [0.1, 0.15) is 30.4 Å². The average Bonchev–Trinajstić information content (AvgIpc) is 2.95. The fraction of sp³-hybridized carbons (Fsp3) is 0.588. The van der Waals surface area contributed by atoms with E-state index in [1.54, 1.807) is 0 Å². The number of likely N-dealkylation sites (N-methyl/N-ethyl adjacent to an activating group) is 1. The minimum absolute atomic E-state index is 0.285. The first kappa shape index (κ1) is 14.0. The van der Waals surface area contributed by atoms with Crippen molar-refractivity contribution < 1.29 is 18.9 Å². The number of carbonyl (C=O) groups is 1. The average molecular weight is 303 g/mol. The summed E-state index contributed by atoms with van der Waals surface area (Å²) in [5.74, 6) is 1.89. The molecule has 1 unspecified atom stereocenters. The number of ether oxygens (including phenoxy) is 2. The molecule has 0 spiro atoms. The maximum Gasteiger partial charge on any atom is 0.337 e. The lowest BCUT2D eigenvalue weighted by atomic mass is 10.0. The molecule has 0 N–H and O–H groups in total. The van der Waals surface area contributed by atoms with Crippen LogP contribution in [-0.2, 0) is 17.6 Å². The lowest BCUT2D eigenvalue weighted by molar-refractivity contribution is -0.953. The quantitative estimate of drug-likeness (QED) is 0.743. The van der Waals surface area contributed by atoms with Gasteiger partial charge >= 0.3 is 5.91 Å². The fourth-order valence-electron chi connectivity index (χ4n) is 3.84. The number of rotatable bonds is 1. The molecule has 0 saturated carbocycles. The van der Waals surface area contributed by atoms with Gasteiger partial charge in [0.05, 0.1) is 13.5 Å². The normalized spacial score (nSPS) is 28.3. The largest absolute Gasteiger partial charge is 0.454 e. The van der Waals surface area contributed by atoms with Gasteiger partial charge in [-0.15, -0.1) is 5.01 Å². The Morgan fingerprint density at radius 1 is 1.05 bits per heavy atom. The molecule has 0 radical (unpaired) electrons. The fourth-order valence-corrected chi connectivity index (χ4v) is 3.84. The Bertz CT molecular complexity index is 610. The SMILES string of the molecule is C[N+]1(N2CCCCC2)CCc2cc3c(cc2CC1=O)OCO3. The summed E-state index contributed by atoms with van der Waals surface area (Å²) < 4.78 is 11.4. The van der Waals surface area contributed by atoms with Crippen molar-refractivity contribution in [3.8, 4) is 11.5 Å². The number of quaternary nitrogens is 1. The molecule has 4 rings (SSSR count). The van der Waals surface area contributed by atoms with E-state index in [2.05, 4.69) is 18.1 Å². The van der Waals surface area contributed by atoms with Crippen molar-refractivity contribution in [3.63, 3.8) is 0 Å². The maximum absolute atomic E-state index is 13.0. The number of hydrogen-bond acceptors (Lipinski definition) is 4. The molecule has 3 aliphatic heterocycles. The summed E-state index contributed by atoms with van der Waals surface area (Å²) in [5.41, 5.74) is 2.34. The zero-order chi connectivity index (χ0) is 15.2. The molecule has 1 aromatic carbocycles. The van der Waals surface area contributed by atoms with Crippen LogP contribution in [0, 0.1) is 0 Å². The predicted octanol–water partition coefficient (Wildman–Crippen LogP) is 1.89. The topological polar surface area (TPSA) is 38.8 Å². The zero-order valence-corrected chi connectivity index (χ0v) is 13.1. The van der Waals surface area contributed by atoms with Crippen molar-refractivity contribution in [1.82, 2.24) is 5.01 Å². The summed E-state index contributed by atoms with van der Waals surface area (Å²) >= 11 is 0. The van der Waals surface area contributed by atoms with Gasteiger partial charge in [-0.05, 0) is 36.1 Å². The molecular formula is C17H23N2O3+. The van der Waals surface area contributed by atoms with Gasteiger partial charge in [-0.25, -0.2) is 4.79 Å². The van der Waals surface area contributed by atoms with Crippen molar-refractivity contribution >= 4 is 5.91 Å². The Balaban J connectivity index is 1.64. The zero-order valence-electron chi connectivity index (χ0n) is 13.1. The summed E-state index contributed by atoms with van der Waals surface area (Å²) in [6.45, 7) is 3.18. The lowest BCUT2D eigenvalue weighted by Gasteiger charge is -2.41. The minimum atomic E-state index is 0.285. The second kappa shape index (κ2) is 5.25. The second-order valence-electron chi connectivity index (χ2n) is 6.67. The summed E-state index contributed by atoms with van der Waals surface area (Å²) in [7, 11) is 2.08. The molecule has 5 heteroatoms. The maximum atomic E-state index is 13.0. The van der Waals surface area contributed by atoms with Crippen molar-refractivity contribution in [3.05, 3.63) is 23.3 Å². The number of piperidine rings is 1. The number of nitrogens with zero attached hydrogens (tertiary/aromatic N) is 2. The van der Waals surface area contributed by atoms with Gasteiger partial charge in [0.25, 0.3) is 0 Å². The minimum Gasteiger partial charge on any atom is -0.454 e. The third-order valence-electron chi connectivity index (χ3n) is 5.35. The van der Waals surface area contributed by atoms with Gasteiger partial charge in [0.15, 0.2) is 11.5 Å². The van der Waals surface area contributed by atoms with Gasteiger partial charge in [0.2, 0.25) is 6.79 Å². The van der Waals surface area contributed by atoms with Crippen LogP contribution in [-0.4, -0.2) is 49.0 Å². The van der Waals surface area contributed by atoms with Crippen LogP contribution >= 0.6 is 0 Å². The van der Waals surface area contributed by atoms with Crippen LogP contribution in [0.5, 0.6) is 11.5 Å². The van der Waals surface area contributed by atoms with Crippen LogP contribution in [0.15, 0.2) is 12.1 Å². The van der Waals surface area contributed by atoms with Crippen molar-refractivity contribution in [2.45, 2.75) is 32.1 Å². The van der Waals surface area contributed by atoms with Gasteiger partial charge in [0, 0.05) is 19.5 Å². The summed E-state index contributed by atoms with van der Waals surface area (Å²) in [6, 6.07) is 4.07. The Labute approximate surface area is 131 Å². The van der Waals surface area contributed by atoms with Gasteiger partial charge in [-0.3, -0.25) is 0 Å². The Kier molecular flexibility index (Phi) is 3.35. The summed E-state index contributed by atoms with van der Waals surface area (Å²) in [4.78, 5) is 13.0. The number of hydrogen-bond donors (Lipinski definition) is 0. The van der Waals surface area contributed by atoms with Crippen LogP contribution < -0.4 is 9.47 Å². The highest BCUT2D eigenvalue weighted by atomic mass is 16.7. The second-order valence-corrected chi connectivity index (χ2v) is 6.67. The van der Waals surface area contributed by atoms with Crippen LogP contribution in [0.25, 0.3) is 0 Å². The van der Waals surface area contributed by atoms with E-state index in [1.165, 1.54) is 24.8 Å². The molecule has 1 amide bonds. The van der Waals surface area contributed by atoms with E-state index >= 15 is 0 Å².